The highest BCUT2D eigenvalue weighted by Crippen LogP contribution is 2.11. The molecule has 0 aliphatic carbocycles. The highest BCUT2D eigenvalue weighted by molar-refractivity contribution is 5.76. The average molecular weight is 198 g/mol. The van der Waals surface area contributed by atoms with Gasteiger partial charge < -0.3 is 10.2 Å². The van der Waals surface area contributed by atoms with Crippen molar-refractivity contribution in [3.05, 3.63) is 0 Å². The van der Waals surface area contributed by atoms with Crippen molar-refractivity contribution < 1.29 is 4.79 Å². The van der Waals surface area contributed by atoms with Crippen LogP contribution in [0, 0.1) is 0 Å². The van der Waals surface area contributed by atoms with Crippen LogP contribution in [0.25, 0.3) is 0 Å². The summed E-state index contributed by atoms with van der Waals surface area (Å²) in [5.74, 6) is 0.284. The molecule has 1 unspecified atom stereocenters. The third kappa shape index (κ3) is 3.66. The highest BCUT2D eigenvalue weighted by atomic mass is 16.2. The third-order valence-electron chi connectivity index (χ3n) is 2.82. The molecule has 0 spiro atoms. The Bertz CT molecular complexity index is 176. The van der Waals surface area contributed by atoms with Gasteiger partial charge in [-0.1, -0.05) is 13.3 Å². The minimum atomic E-state index is 0.284. The van der Waals surface area contributed by atoms with Crippen molar-refractivity contribution in [2.24, 2.45) is 0 Å². The van der Waals surface area contributed by atoms with E-state index in [2.05, 4.69) is 12.2 Å². The molecule has 1 N–H and O–H groups in total. The number of amides is 1. The van der Waals surface area contributed by atoms with Crippen LogP contribution in [0.4, 0.5) is 0 Å². The van der Waals surface area contributed by atoms with E-state index in [0.29, 0.717) is 12.5 Å². The summed E-state index contributed by atoms with van der Waals surface area (Å²) in [6, 6.07) is 0.426. The predicted molar refractivity (Wildman–Crippen MR) is 58.2 cm³/mol. The van der Waals surface area contributed by atoms with Crippen LogP contribution in [0.2, 0.25) is 0 Å². The van der Waals surface area contributed by atoms with Gasteiger partial charge >= 0.3 is 0 Å². The molecular formula is C11H22N2O. The zero-order valence-corrected chi connectivity index (χ0v) is 9.38. The summed E-state index contributed by atoms with van der Waals surface area (Å²) >= 11 is 0. The Labute approximate surface area is 86.9 Å². The predicted octanol–water partition coefficient (Wildman–Crippen LogP) is 1.39. The molecule has 1 atom stereocenters. The molecule has 0 aromatic heterocycles. The number of carbonyl (C=O) groups is 1. The number of hydrogen-bond acceptors (Lipinski definition) is 2. The van der Waals surface area contributed by atoms with Gasteiger partial charge in [-0.15, -0.1) is 0 Å². The molecule has 1 aliphatic heterocycles. The van der Waals surface area contributed by atoms with Crippen LogP contribution in [0.5, 0.6) is 0 Å². The summed E-state index contributed by atoms with van der Waals surface area (Å²) in [7, 11) is 1.90. The molecule has 0 saturated carbocycles. The van der Waals surface area contributed by atoms with E-state index in [-0.39, 0.29) is 5.91 Å². The Balaban J connectivity index is 2.24. The first-order valence-corrected chi connectivity index (χ1v) is 5.71. The average Bonchev–Trinajstić information content (AvgIpc) is 2.19. The van der Waals surface area contributed by atoms with Gasteiger partial charge in [-0.25, -0.2) is 0 Å². The maximum Gasteiger partial charge on any atom is 0.223 e. The van der Waals surface area contributed by atoms with Crippen molar-refractivity contribution in [3.63, 3.8) is 0 Å². The van der Waals surface area contributed by atoms with E-state index in [1.165, 1.54) is 12.8 Å². The van der Waals surface area contributed by atoms with Gasteiger partial charge in [-0.3, -0.25) is 4.79 Å². The summed E-state index contributed by atoms with van der Waals surface area (Å²) in [5, 5.41) is 3.40. The first-order chi connectivity index (χ1) is 6.74. The second-order valence-electron chi connectivity index (χ2n) is 4.17. The van der Waals surface area contributed by atoms with Crippen molar-refractivity contribution in [3.8, 4) is 0 Å². The molecule has 0 bridgehead atoms. The Morgan fingerprint density at radius 2 is 2.29 bits per heavy atom. The number of carbonyl (C=O) groups excluding carboxylic acids is 1. The lowest BCUT2D eigenvalue weighted by atomic mass is 10.0. The largest absolute Gasteiger partial charge is 0.346 e. The molecule has 3 nitrogen and oxygen atoms in total. The van der Waals surface area contributed by atoms with Crippen molar-refractivity contribution in [1.29, 1.82) is 0 Å². The van der Waals surface area contributed by atoms with Gasteiger partial charge in [-0.2, -0.15) is 0 Å². The van der Waals surface area contributed by atoms with Gasteiger partial charge in [0, 0.05) is 26.1 Å². The van der Waals surface area contributed by atoms with E-state index in [4.69, 9.17) is 0 Å². The topological polar surface area (TPSA) is 32.3 Å². The van der Waals surface area contributed by atoms with E-state index in [1.807, 2.05) is 11.9 Å². The number of nitrogens with zero attached hydrogens (tertiary/aromatic N) is 1. The highest BCUT2D eigenvalue weighted by Gasteiger charge is 2.17. The van der Waals surface area contributed by atoms with Crippen molar-refractivity contribution in [2.45, 2.75) is 45.1 Å². The number of nitrogens with one attached hydrogen (secondary N) is 1. The molecule has 0 aromatic rings. The maximum atomic E-state index is 11.7. The molecule has 14 heavy (non-hydrogen) atoms. The summed E-state index contributed by atoms with van der Waals surface area (Å²) in [6.45, 7) is 4.06. The Morgan fingerprint density at radius 3 is 2.86 bits per heavy atom. The lowest BCUT2D eigenvalue weighted by Gasteiger charge is -2.25. The Morgan fingerprint density at radius 1 is 1.50 bits per heavy atom. The fourth-order valence-electron chi connectivity index (χ4n) is 1.92. The zero-order chi connectivity index (χ0) is 10.4. The normalized spacial score (nSPS) is 22.0. The molecule has 1 amide bonds. The standard InChI is InChI=1S/C11H22N2O/c1-3-8-13(2)11(14)9-10-6-4-5-7-12-10/h10,12H,3-9H2,1-2H3. The van der Waals surface area contributed by atoms with Crippen LogP contribution in [0.15, 0.2) is 0 Å². The fraction of sp³-hybridized carbons (Fsp3) is 0.909. The molecule has 1 rings (SSSR count). The van der Waals surface area contributed by atoms with Crippen LogP contribution in [0.3, 0.4) is 0 Å². The summed E-state index contributed by atoms with van der Waals surface area (Å²) in [5.41, 5.74) is 0. The van der Waals surface area contributed by atoms with E-state index in [1.54, 1.807) is 0 Å². The quantitative estimate of drug-likeness (QED) is 0.740. The van der Waals surface area contributed by atoms with Crippen molar-refractivity contribution in [2.75, 3.05) is 20.1 Å². The monoisotopic (exact) mass is 198 g/mol. The third-order valence-corrected chi connectivity index (χ3v) is 2.82. The second-order valence-corrected chi connectivity index (χ2v) is 4.17. The summed E-state index contributed by atoms with van der Waals surface area (Å²) in [6.07, 6.45) is 5.40. The maximum absolute atomic E-state index is 11.7. The van der Waals surface area contributed by atoms with Crippen molar-refractivity contribution in [1.82, 2.24) is 10.2 Å². The van der Waals surface area contributed by atoms with Crippen LogP contribution in [0.1, 0.15) is 39.0 Å². The Hall–Kier alpha value is -0.570. The van der Waals surface area contributed by atoms with Crippen LogP contribution in [-0.4, -0.2) is 37.0 Å². The molecule has 0 aromatic carbocycles. The number of hydrogen-bond donors (Lipinski definition) is 1. The lowest BCUT2D eigenvalue weighted by molar-refractivity contribution is -0.130. The number of piperidine rings is 1. The van der Waals surface area contributed by atoms with Gasteiger partial charge in [-0.05, 0) is 25.8 Å². The fourth-order valence-corrected chi connectivity index (χ4v) is 1.92. The summed E-state index contributed by atoms with van der Waals surface area (Å²) < 4.78 is 0. The second kappa shape index (κ2) is 6.02. The minimum absolute atomic E-state index is 0.284. The smallest absolute Gasteiger partial charge is 0.223 e. The molecule has 3 heteroatoms. The Kier molecular flexibility index (Phi) is 4.94. The molecule has 0 radical (unpaired) electrons. The minimum Gasteiger partial charge on any atom is -0.346 e. The zero-order valence-electron chi connectivity index (χ0n) is 9.38. The molecule has 1 saturated heterocycles. The first-order valence-electron chi connectivity index (χ1n) is 5.71. The van der Waals surface area contributed by atoms with E-state index >= 15 is 0 Å². The molecule has 1 heterocycles. The molecule has 1 aliphatic rings. The van der Waals surface area contributed by atoms with Crippen molar-refractivity contribution >= 4 is 5.91 Å². The van der Waals surface area contributed by atoms with E-state index in [0.717, 1.165) is 25.9 Å². The van der Waals surface area contributed by atoms with Crippen LogP contribution in [-0.2, 0) is 4.79 Å². The molecular weight excluding hydrogens is 176 g/mol. The van der Waals surface area contributed by atoms with Gasteiger partial charge in [0.2, 0.25) is 5.91 Å². The SMILES string of the molecule is CCCN(C)C(=O)CC1CCCCN1. The van der Waals surface area contributed by atoms with Gasteiger partial charge in [0.05, 0.1) is 0 Å². The van der Waals surface area contributed by atoms with Gasteiger partial charge in [0.1, 0.15) is 0 Å². The van der Waals surface area contributed by atoms with E-state index in [9.17, 15) is 4.79 Å². The first kappa shape index (κ1) is 11.5. The van der Waals surface area contributed by atoms with Gasteiger partial charge in [0.25, 0.3) is 0 Å². The molecule has 1 fully saturated rings. The lowest BCUT2D eigenvalue weighted by Crippen LogP contribution is -2.39. The number of rotatable bonds is 4. The van der Waals surface area contributed by atoms with Crippen LogP contribution >= 0.6 is 0 Å². The molecule has 82 valence electrons. The summed E-state index contributed by atoms with van der Waals surface area (Å²) in [4.78, 5) is 13.5. The van der Waals surface area contributed by atoms with Gasteiger partial charge in [0.15, 0.2) is 0 Å². The van der Waals surface area contributed by atoms with Crippen LogP contribution < -0.4 is 5.32 Å². The van der Waals surface area contributed by atoms with E-state index < -0.39 is 0 Å².